The van der Waals surface area contributed by atoms with Crippen molar-refractivity contribution in [3.8, 4) is 0 Å². The maximum Gasteiger partial charge on any atom is 0.218 e. The molecule has 3 rings (SSSR count). The first-order valence-corrected chi connectivity index (χ1v) is 5.53. The normalized spacial score (nSPS) is 27.8. The Hall–Kier alpha value is -1.20. The Labute approximate surface area is 93.1 Å². The molecule has 0 amide bonds. The van der Waals surface area contributed by atoms with Gasteiger partial charge < -0.3 is 15.3 Å². The Kier molecular flexibility index (Phi) is 2.29. The molecule has 0 unspecified atom stereocenters. The number of nitrogens with zero attached hydrogens (tertiary/aromatic N) is 2. The van der Waals surface area contributed by atoms with E-state index < -0.39 is 5.95 Å². The third kappa shape index (κ3) is 1.47. The minimum atomic E-state index is -0.575. The van der Waals surface area contributed by atoms with Gasteiger partial charge in [0.1, 0.15) is 0 Å². The molecule has 0 aromatic carbocycles. The summed E-state index contributed by atoms with van der Waals surface area (Å²) in [6.45, 7) is 1.63. The van der Waals surface area contributed by atoms with E-state index in [1.165, 1.54) is 0 Å². The van der Waals surface area contributed by atoms with Crippen LogP contribution in [0.5, 0.6) is 0 Å². The van der Waals surface area contributed by atoms with Crippen molar-refractivity contribution in [3.63, 3.8) is 0 Å². The minimum Gasteiger partial charge on any atom is -0.392 e. The van der Waals surface area contributed by atoms with E-state index in [-0.39, 0.29) is 12.2 Å². The molecular formula is C11H14FN3O. The van der Waals surface area contributed by atoms with Crippen molar-refractivity contribution >= 4 is 5.69 Å². The highest BCUT2D eigenvalue weighted by Crippen LogP contribution is 2.29. The summed E-state index contributed by atoms with van der Waals surface area (Å²) < 4.78 is 13.1. The van der Waals surface area contributed by atoms with Gasteiger partial charge in [-0.3, -0.25) is 0 Å². The summed E-state index contributed by atoms with van der Waals surface area (Å²) in [7, 11) is 0. The summed E-state index contributed by atoms with van der Waals surface area (Å²) in [6.07, 6.45) is 2.70. The molecule has 0 saturated carbocycles. The van der Waals surface area contributed by atoms with Crippen molar-refractivity contribution in [2.24, 2.45) is 0 Å². The first-order chi connectivity index (χ1) is 7.78. The van der Waals surface area contributed by atoms with Crippen LogP contribution in [-0.2, 0) is 6.61 Å². The van der Waals surface area contributed by atoms with Crippen molar-refractivity contribution < 1.29 is 9.50 Å². The molecule has 0 spiro atoms. The maximum absolute atomic E-state index is 13.1. The molecule has 4 nitrogen and oxygen atoms in total. The predicted octanol–water partition coefficient (Wildman–Crippen LogP) is 0.263. The quantitative estimate of drug-likeness (QED) is 0.706. The van der Waals surface area contributed by atoms with Crippen LogP contribution in [0.3, 0.4) is 0 Å². The lowest BCUT2D eigenvalue weighted by Gasteiger charge is -2.29. The van der Waals surface area contributed by atoms with E-state index in [0.717, 1.165) is 25.2 Å². The zero-order valence-electron chi connectivity index (χ0n) is 8.86. The third-order valence-electron chi connectivity index (χ3n) is 3.46. The van der Waals surface area contributed by atoms with Crippen molar-refractivity contribution in [1.29, 1.82) is 0 Å². The van der Waals surface area contributed by atoms with Gasteiger partial charge in [-0.2, -0.15) is 4.39 Å². The second kappa shape index (κ2) is 3.68. The standard InChI is InChI=1S/C11H14FN3O/c12-11-7(6-16)1-9(4-14-11)15-5-8-2-10(15)3-13-8/h1,4,8,10,13,16H,2-3,5-6H2/t8-,10-/m1/s1. The lowest BCUT2D eigenvalue weighted by molar-refractivity contribution is 0.274. The highest BCUT2D eigenvalue weighted by Gasteiger charge is 2.37. The van der Waals surface area contributed by atoms with Crippen LogP contribution in [0.1, 0.15) is 12.0 Å². The van der Waals surface area contributed by atoms with Crippen molar-refractivity contribution in [2.45, 2.75) is 25.1 Å². The molecule has 3 heterocycles. The van der Waals surface area contributed by atoms with Gasteiger partial charge in [-0.25, -0.2) is 4.98 Å². The minimum absolute atomic E-state index is 0.272. The molecule has 2 bridgehead atoms. The summed E-state index contributed by atoms with van der Waals surface area (Å²) in [6, 6.07) is 2.74. The van der Waals surface area contributed by atoms with Gasteiger partial charge in [0.15, 0.2) is 0 Å². The van der Waals surface area contributed by atoms with Gasteiger partial charge in [-0.15, -0.1) is 0 Å². The Balaban J connectivity index is 1.89. The molecule has 0 radical (unpaired) electrons. The fraction of sp³-hybridized carbons (Fsp3) is 0.545. The highest BCUT2D eigenvalue weighted by molar-refractivity contribution is 5.50. The van der Waals surface area contributed by atoms with Gasteiger partial charge in [-0.1, -0.05) is 0 Å². The van der Waals surface area contributed by atoms with Crippen LogP contribution in [0.25, 0.3) is 0 Å². The predicted molar refractivity (Wildman–Crippen MR) is 57.7 cm³/mol. The molecule has 2 atom stereocenters. The molecular weight excluding hydrogens is 209 g/mol. The van der Waals surface area contributed by atoms with E-state index >= 15 is 0 Å². The SMILES string of the molecule is OCc1cc(N2C[C@H]3C[C@@H]2CN3)cnc1F. The number of piperazine rings is 1. The largest absolute Gasteiger partial charge is 0.392 e. The van der Waals surface area contributed by atoms with E-state index in [2.05, 4.69) is 15.2 Å². The number of halogens is 1. The molecule has 1 aromatic rings. The first kappa shape index (κ1) is 9.99. The summed E-state index contributed by atoms with van der Waals surface area (Å²) >= 11 is 0. The zero-order chi connectivity index (χ0) is 11.1. The van der Waals surface area contributed by atoms with Crippen LogP contribution in [0, 0.1) is 5.95 Å². The van der Waals surface area contributed by atoms with Gasteiger partial charge in [0.25, 0.3) is 0 Å². The maximum atomic E-state index is 13.1. The fourth-order valence-corrected chi connectivity index (χ4v) is 2.63. The Morgan fingerprint density at radius 2 is 2.50 bits per heavy atom. The van der Waals surface area contributed by atoms with Gasteiger partial charge in [0, 0.05) is 30.7 Å². The monoisotopic (exact) mass is 223 g/mol. The van der Waals surface area contributed by atoms with Gasteiger partial charge in [0.05, 0.1) is 18.5 Å². The molecule has 86 valence electrons. The molecule has 0 aliphatic carbocycles. The molecule has 2 saturated heterocycles. The number of anilines is 1. The number of aromatic nitrogens is 1. The average molecular weight is 223 g/mol. The van der Waals surface area contributed by atoms with Crippen molar-refractivity contribution in [1.82, 2.24) is 10.3 Å². The van der Waals surface area contributed by atoms with E-state index in [4.69, 9.17) is 5.11 Å². The van der Waals surface area contributed by atoms with Crippen LogP contribution >= 0.6 is 0 Å². The lowest BCUT2D eigenvalue weighted by Crippen LogP contribution is -2.43. The number of pyridine rings is 1. The van der Waals surface area contributed by atoms with Gasteiger partial charge in [0.2, 0.25) is 5.95 Å². The smallest absolute Gasteiger partial charge is 0.218 e. The number of hydrogen-bond donors (Lipinski definition) is 2. The number of hydrogen-bond acceptors (Lipinski definition) is 4. The second-order valence-corrected chi connectivity index (χ2v) is 4.45. The summed E-state index contributed by atoms with van der Waals surface area (Å²) in [4.78, 5) is 5.93. The zero-order valence-corrected chi connectivity index (χ0v) is 8.86. The highest BCUT2D eigenvalue weighted by atomic mass is 19.1. The Morgan fingerprint density at radius 1 is 1.62 bits per heavy atom. The van der Waals surface area contributed by atoms with Gasteiger partial charge >= 0.3 is 0 Å². The molecule has 2 aliphatic rings. The number of aliphatic hydroxyl groups excluding tert-OH is 1. The van der Waals surface area contributed by atoms with E-state index in [0.29, 0.717) is 12.1 Å². The lowest BCUT2D eigenvalue weighted by atomic mass is 10.2. The van der Waals surface area contributed by atoms with Crippen LogP contribution in [0.4, 0.5) is 10.1 Å². The average Bonchev–Trinajstić information content (AvgIpc) is 2.91. The summed E-state index contributed by atoms with van der Waals surface area (Å²) in [5.74, 6) is -0.575. The van der Waals surface area contributed by atoms with Crippen molar-refractivity contribution in [2.75, 3.05) is 18.0 Å². The molecule has 1 aromatic heterocycles. The van der Waals surface area contributed by atoms with E-state index in [9.17, 15) is 4.39 Å². The number of aliphatic hydroxyl groups is 1. The second-order valence-electron chi connectivity index (χ2n) is 4.45. The molecule has 16 heavy (non-hydrogen) atoms. The van der Waals surface area contributed by atoms with E-state index in [1.807, 2.05) is 0 Å². The Bertz CT molecular complexity index is 412. The fourth-order valence-electron chi connectivity index (χ4n) is 2.63. The first-order valence-electron chi connectivity index (χ1n) is 5.53. The molecule has 2 fully saturated rings. The van der Waals surface area contributed by atoms with Crippen LogP contribution in [-0.4, -0.2) is 35.3 Å². The van der Waals surface area contributed by atoms with Crippen molar-refractivity contribution in [3.05, 3.63) is 23.8 Å². The molecule has 2 N–H and O–H groups in total. The van der Waals surface area contributed by atoms with Crippen LogP contribution in [0.2, 0.25) is 0 Å². The third-order valence-corrected chi connectivity index (χ3v) is 3.46. The van der Waals surface area contributed by atoms with Crippen LogP contribution in [0.15, 0.2) is 12.3 Å². The van der Waals surface area contributed by atoms with Gasteiger partial charge in [-0.05, 0) is 12.5 Å². The Morgan fingerprint density at radius 3 is 3.12 bits per heavy atom. The summed E-state index contributed by atoms with van der Waals surface area (Å²) in [5, 5.41) is 12.4. The number of fused-ring (bicyclic) bond motifs is 2. The van der Waals surface area contributed by atoms with E-state index in [1.54, 1.807) is 12.3 Å². The number of nitrogens with one attached hydrogen (secondary N) is 1. The summed E-state index contributed by atoms with van der Waals surface area (Å²) in [5.41, 5.74) is 1.19. The molecule has 5 heteroatoms. The molecule has 2 aliphatic heterocycles. The topological polar surface area (TPSA) is 48.4 Å². The number of rotatable bonds is 2. The van der Waals surface area contributed by atoms with Crippen LogP contribution < -0.4 is 10.2 Å².